The Hall–Kier alpha value is -2.33. The molecule has 0 saturated carbocycles. The zero-order chi connectivity index (χ0) is 14.2. The van der Waals surface area contributed by atoms with E-state index in [0.29, 0.717) is 0 Å². The molecule has 0 fully saturated rings. The Morgan fingerprint density at radius 1 is 1.19 bits per heavy atom. The Morgan fingerprint density at radius 3 is 3.05 bits per heavy atom. The first-order chi connectivity index (χ1) is 10.3. The highest BCUT2D eigenvalue weighted by atomic mass is 32.1. The first kappa shape index (κ1) is 12.4. The number of para-hydroxylation sites is 1. The third-order valence-electron chi connectivity index (χ3n) is 3.79. The van der Waals surface area contributed by atoms with Crippen molar-refractivity contribution in [3.8, 4) is 0 Å². The van der Waals surface area contributed by atoms with Gasteiger partial charge in [-0.3, -0.25) is 0 Å². The van der Waals surface area contributed by atoms with Crippen LogP contribution < -0.4 is 5.32 Å². The molecule has 0 aliphatic rings. The molecule has 2 aromatic heterocycles. The standard InChI is InChI=1S/C17H15N3S/c1-20-10-12(14-4-2-3-5-16(14)20)9-18-13-6-7-15-17(8-13)21-11-19-15/h2-8,10-11,18H,9H2,1H3. The van der Waals surface area contributed by atoms with Crippen molar-refractivity contribution in [3.05, 3.63) is 59.7 Å². The molecule has 4 aromatic rings. The van der Waals surface area contributed by atoms with Gasteiger partial charge in [-0.15, -0.1) is 11.3 Å². The van der Waals surface area contributed by atoms with Gasteiger partial charge in [0.1, 0.15) is 0 Å². The average Bonchev–Trinajstić information content (AvgIpc) is 3.10. The van der Waals surface area contributed by atoms with E-state index in [1.54, 1.807) is 11.3 Å². The summed E-state index contributed by atoms with van der Waals surface area (Å²) in [4.78, 5) is 4.31. The number of aromatic nitrogens is 2. The van der Waals surface area contributed by atoms with E-state index >= 15 is 0 Å². The van der Waals surface area contributed by atoms with Crippen molar-refractivity contribution in [2.75, 3.05) is 5.32 Å². The van der Waals surface area contributed by atoms with Gasteiger partial charge in [0.15, 0.2) is 0 Å². The Bertz CT molecular complexity index is 920. The van der Waals surface area contributed by atoms with Gasteiger partial charge in [-0.1, -0.05) is 18.2 Å². The topological polar surface area (TPSA) is 29.9 Å². The molecule has 0 unspecified atom stereocenters. The number of hydrogen-bond acceptors (Lipinski definition) is 3. The molecule has 104 valence electrons. The monoisotopic (exact) mass is 293 g/mol. The number of benzene rings is 2. The molecule has 0 radical (unpaired) electrons. The maximum Gasteiger partial charge on any atom is 0.0813 e. The molecule has 2 heterocycles. The van der Waals surface area contributed by atoms with Crippen molar-refractivity contribution >= 4 is 38.1 Å². The Morgan fingerprint density at radius 2 is 2.10 bits per heavy atom. The zero-order valence-electron chi connectivity index (χ0n) is 11.7. The highest BCUT2D eigenvalue weighted by molar-refractivity contribution is 7.16. The van der Waals surface area contributed by atoms with Crippen LogP contribution in [-0.2, 0) is 13.6 Å². The molecule has 0 spiro atoms. The van der Waals surface area contributed by atoms with Crippen LogP contribution in [0, 0.1) is 0 Å². The van der Waals surface area contributed by atoms with Gasteiger partial charge in [-0.25, -0.2) is 4.98 Å². The van der Waals surface area contributed by atoms with Crippen molar-refractivity contribution < 1.29 is 0 Å². The SMILES string of the molecule is Cn1cc(CNc2ccc3ncsc3c2)c2ccccc21. The van der Waals surface area contributed by atoms with Crippen molar-refractivity contribution in [3.63, 3.8) is 0 Å². The van der Waals surface area contributed by atoms with Crippen molar-refractivity contribution in [1.29, 1.82) is 0 Å². The second-order valence-corrected chi connectivity index (χ2v) is 6.06. The molecule has 0 bridgehead atoms. The normalized spacial score (nSPS) is 11.3. The van der Waals surface area contributed by atoms with E-state index in [2.05, 4.69) is 70.6 Å². The lowest BCUT2D eigenvalue weighted by atomic mass is 10.2. The largest absolute Gasteiger partial charge is 0.381 e. The molecule has 4 heteroatoms. The molecule has 0 saturated heterocycles. The summed E-state index contributed by atoms with van der Waals surface area (Å²) in [6.07, 6.45) is 2.20. The van der Waals surface area contributed by atoms with E-state index in [9.17, 15) is 0 Å². The Kier molecular flexibility index (Phi) is 2.89. The Balaban J connectivity index is 1.63. The van der Waals surface area contributed by atoms with Gasteiger partial charge in [-0.2, -0.15) is 0 Å². The van der Waals surface area contributed by atoms with E-state index < -0.39 is 0 Å². The highest BCUT2D eigenvalue weighted by Crippen LogP contribution is 2.24. The summed E-state index contributed by atoms with van der Waals surface area (Å²) >= 11 is 1.67. The van der Waals surface area contributed by atoms with Crippen molar-refractivity contribution in [2.45, 2.75) is 6.54 Å². The third kappa shape index (κ3) is 2.17. The average molecular weight is 293 g/mol. The summed E-state index contributed by atoms with van der Waals surface area (Å²) in [7, 11) is 2.09. The zero-order valence-corrected chi connectivity index (χ0v) is 12.5. The lowest BCUT2D eigenvalue weighted by Gasteiger charge is -2.05. The summed E-state index contributed by atoms with van der Waals surface area (Å²) in [5, 5.41) is 4.83. The molecule has 0 aliphatic heterocycles. The van der Waals surface area contributed by atoms with Crippen LogP contribution >= 0.6 is 11.3 Å². The number of fused-ring (bicyclic) bond motifs is 2. The van der Waals surface area contributed by atoms with Gasteiger partial charge in [0, 0.05) is 36.4 Å². The molecule has 0 atom stereocenters. The van der Waals surface area contributed by atoms with Gasteiger partial charge in [-0.05, 0) is 29.8 Å². The van der Waals surface area contributed by atoms with Crippen molar-refractivity contribution in [1.82, 2.24) is 9.55 Å². The van der Waals surface area contributed by atoms with Gasteiger partial charge in [0.2, 0.25) is 0 Å². The fraction of sp³-hybridized carbons (Fsp3) is 0.118. The van der Waals surface area contributed by atoms with Gasteiger partial charge >= 0.3 is 0 Å². The number of thiazole rings is 1. The lowest BCUT2D eigenvalue weighted by Crippen LogP contribution is -1.98. The van der Waals surface area contributed by atoms with Gasteiger partial charge in [0.25, 0.3) is 0 Å². The minimum Gasteiger partial charge on any atom is -0.381 e. The quantitative estimate of drug-likeness (QED) is 0.606. The fourth-order valence-corrected chi connectivity index (χ4v) is 3.45. The summed E-state index contributed by atoms with van der Waals surface area (Å²) in [6, 6.07) is 14.8. The minimum absolute atomic E-state index is 0.825. The summed E-state index contributed by atoms with van der Waals surface area (Å²) < 4.78 is 3.40. The predicted octanol–water partition coefficient (Wildman–Crippen LogP) is 4.40. The fourth-order valence-electron chi connectivity index (χ4n) is 2.73. The molecule has 4 rings (SSSR count). The maximum absolute atomic E-state index is 4.31. The molecule has 2 aromatic carbocycles. The number of aryl methyl sites for hydroxylation is 1. The van der Waals surface area contributed by atoms with E-state index in [4.69, 9.17) is 0 Å². The van der Waals surface area contributed by atoms with E-state index in [-0.39, 0.29) is 0 Å². The maximum atomic E-state index is 4.31. The minimum atomic E-state index is 0.825. The first-order valence-electron chi connectivity index (χ1n) is 6.91. The summed E-state index contributed by atoms with van der Waals surface area (Å²) in [5.74, 6) is 0. The van der Waals surface area contributed by atoms with Crippen LogP contribution in [0.5, 0.6) is 0 Å². The number of nitrogens with zero attached hydrogens (tertiary/aromatic N) is 2. The molecular weight excluding hydrogens is 278 g/mol. The van der Waals surface area contributed by atoms with E-state index in [1.165, 1.54) is 21.2 Å². The lowest BCUT2D eigenvalue weighted by molar-refractivity contribution is 0.956. The summed E-state index contributed by atoms with van der Waals surface area (Å²) in [5.41, 5.74) is 6.68. The molecular formula is C17H15N3S. The number of anilines is 1. The van der Waals surface area contributed by atoms with Crippen LogP contribution in [0.2, 0.25) is 0 Å². The van der Waals surface area contributed by atoms with Crippen LogP contribution in [0.15, 0.2) is 54.2 Å². The van der Waals surface area contributed by atoms with Crippen LogP contribution in [0.1, 0.15) is 5.56 Å². The summed E-state index contributed by atoms with van der Waals surface area (Å²) in [6.45, 7) is 0.825. The number of hydrogen-bond donors (Lipinski definition) is 1. The predicted molar refractivity (Wildman–Crippen MR) is 89.9 cm³/mol. The van der Waals surface area contributed by atoms with Gasteiger partial charge in [0.05, 0.1) is 15.7 Å². The van der Waals surface area contributed by atoms with Crippen LogP contribution in [0.25, 0.3) is 21.1 Å². The highest BCUT2D eigenvalue weighted by Gasteiger charge is 2.06. The van der Waals surface area contributed by atoms with Crippen LogP contribution in [0.3, 0.4) is 0 Å². The van der Waals surface area contributed by atoms with Gasteiger partial charge < -0.3 is 9.88 Å². The second kappa shape index (κ2) is 4.90. The van der Waals surface area contributed by atoms with Crippen LogP contribution in [-0.4, -0.2) is 9.55 Å². The third-order valence-corrected chi connectivity index (χ3v) is 4.59. The molecule has 0 aliphatic carbocycles. The smallest absolute Gasteiger partial charge is 0.0813 e. The first-order valence-corrected chi connectivity index (χ1v) is 7.79. The molecule has 3 nitrogen and oxygen atoms in total. The molecule has 0 amide bonds. The van der Waals surface area contributed by atoms with Crippen molar-refractivity contribution in [2.24, 2.45) is 7.05 Å². The molecule has 21 heavy (non-hydrogen) atoms. The number of rotatable bonds is 3. The van der Waals surface area contributed by atoms with Crippen LogP contribution in [0.4, 0.5) is 5.69 Å². The van der Waals surface area contributed by atoms with E-state index in [1.807, 2.05) is 5.51 Å². The molecule has 1 N–H and O–H groups in total. The Labute approximate surface area is 126 Å². The second-order valence-electron chi connectivity index (χ2n) is 5.17. The van der Waals surface area contributed by atoms with E-state index in [0.717, 1.165) is 17.7 Å². The number of nitrogens with one attached hydrogen (secondary N) is 1.